The summed E-state index contributed by atoms with van der Waals surface area (Å²) >= 11 is 6.98. The molecule has 7 nitrogen and oxygen atoms in total. The topological polar surface area (TPSA) is 84.9 Å². The van der Waals surface area contributed by atoms with Crippen molar-refractivity contribution in [2.75, 3.05) is 19.0 Å². The van der Waals surface area contributed by atoms with Crippen LogP contribution in [-0.4, -0.2) is 35.6 Å². The molecule has 3 amide bonds. The molecular formula is C27H23ClN2O5S. The molecule has 3 aromatic carbocycles. The average Bonchev–Trinajstić information content (AvgIpc) is 3.12. The number of para-hydroxylation sites is 1. The van der Waals surface area contributed by atoms with Crippen LogP contribution >= 0.6 is 23.4 Å². The van der Waals surface area contributed by atoms with Gasteiger partial charge in [-0.05, 0) is 60.2 Å². The van der Waals surface area contributed by atoms with E-state index in [9.17, 15) is 14.4 Å². The van der Waals surface area contributed by atoms with Gasteiger partial charge in [-0.25, -0.2) is 0 Å². The van der Waals surface area contributed by atoms with Crippen LogP contribution in [0.15, 0.2) is 71.6 Å². The van der Waals surface area contributed by atoms with Gasteiger partial charge in [0.25, 0.3) is 11.1 Å². The molecule has 9 heteroatoms. The number of amides is 3. The zero-order valence-electron chi connectivity index (χ0n) is 19.6. The van der Waals surface area contributed by atoms with Crippen LogP contribution in [0.3, 0.4) is 0 Å². The van der Waals surface area contributed by atoms with Gasteiger partial charge in [-0.2, -0.15) is 0 Å². The molecular weight excluding hydrogens is 500 g/mol. The minimum atomic E-state index is -0.525. The molecule has 0 aromatic heterocycles. The molecule has 1 N–H and O–H groups in total. The summed E-state index contributed by atoms with van der Waals surface area (Å²) in [5, 5.41) is 2.84. The van der Waals surface area contributed by atoms with Gasteiger partial charge in [0, 0.05) is 16.3 Å². The van der Waals surface area contributed by atoms with Gasteiger partial charge in [-0.3, -0.25) is 19.3 Å². The number of nitrogens with zero attached hydrogens (tertiary/aromatic N) is 1. The van der Waals surface area contributed by atoms with Gasteiger partial charge in [0.05, 0.1) is 12.0 Å². The average molecular weight is 523 g/mol. The quantitative estimate of drug-likeness (QED) is 0.370. The van der Waals surface area contributed by atoms with E-state index in [1.807, 2.05) is 37.3 Å². The first-order chi connectivity index (χ1) is 17.4. The Morgan fingerprint density at radius 3 is 2.56 bits per heavy atom. The Bertz CT molecular complexity index is 1360. The number of nitrogens with one attached hydrogen (secondary N) is 1. The Morgan fingerprint density at radius 2 is 1.81 bits per heavy atom. The maximum Gasteiger partial charge on any atom is 0.294 e. The fourth-order valence-corrected chi connectivity index (χ4v) is 4.53. The van der Waals surface area contributed by atoms with E-state index in [1.54, 1.807) is 42.5 Å². The number of anilines is 1. The number of carbonyl (C=O) groups excluding carboxylic acids is 3. The molecule has 0 unspecified atom stereocenters. The smallest absolute Gasteiger partial charge is 0.294 e. The number of ether oxygens (including phenoxy) is 2. The lowest BCUT2D eigenvalue weighted by molar-refractivity contribution is -0.127. The highest BCUT2D eigenvalue weighted by Gasteiger charge is 2.36. The highest BCUT2D eigenvalue weighted by molar-refractivity contribution is 8.18. The molecule has 0 atom stereocenters. The van der Waals surface area contributed by atoms with Crippen molar-refractivity contribution in [2.24, 2.45) is 0 Å². The summed E-state index contributed by atoms with van der Waals surface area (Å²) in [7, 11) is 1.52. The molecule has 36 heavy (non-hydrogen) atoms. The van der Waals surface area contributed by atoms with Gasteiger partial charge >= 0.3 is 0 Å². The fraction of sp³-hybridized carbons (Fsp3) is 0.148. The number of imide groups is 1. The van der Waals surface area contributed by atoms with E-state index < -0.39 is 17.1 Å². The van der Waals surface area contributed by atoms with Crippen LogP contribution in [0.4, 0.5) is 10.5 Å². The number of hydrogen-bond donors (Lipinski definition) is 1. The van der Waals surface area contributed by atoms with Crippen molar-refractivity contribution in [2.45, 2.75) is 13.5 Å². The molecule has 3 aromatic rings. The van der Waals surface area contributed by atoms with Crippen LogP contribution in [0, 0.1) is 6.92 Å². The van der Waals surface area contributed by atoms with Gasteiger partial charge in [0.2, 0.25) is 5.91 Å². The predicted molar refractivity (Wildman–Crippen MR) is 141 cm³/mol. The van der Waals surface area contributed by atoms with Crippen LogP contribution in [0.25, 0.3) is 6.08 Å². The molecule has 1 aliphatic rings. The first-order valence-corrected chi connectivity index (χ1v) is 12.2. The number of halogens is 1. The number of hydrogen-bond acceptors (Lipinski definition) is 6. The maximum absolute atomic E-state index is 12.9. The number of thioether (sulfide) groups is 1. The van der Waals surface area contributed by atoms with E-state index >= 15 is 0 Å². The summed E-state index contributed by atoms with van der Waals surface area (Å²) < 4.78 is 11.3. The monoisotopic (exact) mass is 522 g/mol. The first-order valence-electron chi connectivity index (χ1n) is 11.0. The lowest BCUT2D eigenvalue weighted by atomic mass is 10.1. The lowest BCUT2D eigenvalue weighted by Crippen LogP contribution is -2.36. The third-order valence-electron chi connectivity index (χ3n) is 5.42. The SMILES string of the molecule is COc1cc(/C=C2/SC(=O)N(CC(=O)Nc3ccccc3C)C2=O)ccc1OCc1ccccc1Cl. The highest BCUT2D eigenvalue weighted by atomic mass is 35.5. The Hall–Kier alpha value is -3.75. The van der Waals surface area contributed by atoms with Gasteiger partial charge in [-0.1, -0.05) is 54.1 Å². The third kappa shape index (κ3) is 5.90. The minimum absolute atomic E-state index is 0.218. The van der Waals surface area contributed by atoms with Crippen molar-refractivity contribution in [3.05, 3.63) is 93.3 Å². The summed E-state index contributed by atoms with van der Waals surface area (Å²) in [6, 6.07) is 19.9. The summed E-state index contributed by atoms with van der Waals surface area (Å²) in [5.74, 6) is 0.000628. The van der Waals surface area contributed by atoms with Crippen molar-refractivity contribution < 1.29 is 23.9 Å². The van der Waals surface area contributed by atoms with Crippen LogP contribution in [-0.2, 0) is 16.2 Å². The van der Waals surface area contributed by atoms with Crippen LogP contribution in [0.2, 0.25) is 5.02 Å². The van der Waals surface area contributed by atoms with Gasteiger partial charge in [-0.15, -0.1) is 0 Å². The van der Waals surface area contributed by atoms with E-state index in [4.69, 9.17) is 21.1 Å². The van der Waals surface area contributed by atoms with Gasteiger partial charge < -0.3 is 14.8 Å². The second-order valence-corrected chi connectivity index (χ2v) is 9.32. The van der Waals surface area contributed by atoms with Crippen molar-refractivity contribution in [1.29, 1.82) is 0 Å². The molecule has 1 aliphatic heterocycles. The third-order valence-corrected chi connectivity index (χ3v) is 6.70. The normalized spacial score (nSPS) is 14.3. The van der Waals surface area contributed by atoms with E-state index in [-0.39, 0.29) is 18.1 Å². The van der Waals surface area contributed by atoms with Gasteiger partial charge in [0.1, 0.15) is 13.2 Å². The van der Waals surface area contributed by atoms with Gasteiger partial charge in [0.15, 0.2) is 11.5 Å². The molecule has 0 aliphatic carbocycles. The predicted octanol–water partition coefficient (Wildman–Crippen LogP) is 5.91. The van der Waals surface area contributed by atoms with Crippen molar-refractivity contribution >= 4 is 52.2 Å². The standard InChI is InChI=1S/C27H23ClN2O5S/c1-17-7-3-6-10-21(17)29-25(31)15-30-26(32)24(36-27(30)33)14-18-11-12-22(23(13-18)34-2)35-16-19-8-4-5-9-20(19)28/h3-14H,15-16H2,1-2H3,(H,29,31)/b24-14+. The number of aryl methyl sites for hydroxylation is 1. The van der Waals surface area contributed by atoms with Crippen LogP contribution in [0.5, 0.6) is 11.5 Å². The Kier molecular flexibility index (Phi) is 7.97. The lowest BCUT2D eigenvalue weighted by Gasteiger charge is -2.13. The van der Waals surface area contributed by atoms with E-state index in [0.717, 1.165) is 27.8 Å². The highest BCUT2D eigenvalue weighted by Crippen LogP contribution is 2.35. The maximum atomic E-state index is 12.9. The van der Waals surface area contributed by atoms with E-state index in [0.29, 0.717) is 27.8 Å². The molecule has 0 saturated carbocycles. The van der Waals surface area contributed by atoms with Crippen molar-refractivity contribution in [3.8, 4) is 11.5 Å². The molecule has 184 valence electrons. The molecule has 1 heterocycles. The molecule has 0 radical (unpaired) electrons. The first kappa shape index (κ1) is 25.3. The Labute approximate surface area is 218 Å². The summed E-state index contributed by atoms with van der Waals surface area (Å²) in [4.78, 5) is 38.9. The van der Waals surface area contributed by atoms with Crippen molar-refractivity contribution in [3.63, 3.8) is 0 Å². The van der Waals surface area contributed by atoms with Crippen LogP contribution in [0.1, 0.15) is 16.7 Å². The number of carbonyl (C=O) groups is 3. The van der Waals surface area contributed by atoms with E-state index in [1.165, 1.54) is 7.11 Å². The summed E-state index contributed by atoms with van der Waals surface area (Å²) in [6.45, 7) is 1.76. The zero-order valence-corrected chi connectivity index (χ0v) is 21.2. The fourth-order valence-electron chi connectivity index (χ4n) is 3.50. The Morgan fingerprint density at radius 1 is 1.06 bits per heavy atom. The molecule has 0 spiro atoms. The number of benzene rings is 3. The number of methoxy groups -OCH3 is 1. The zero-order chi connectivity index (χ0) is 25.7. The molecule has 0 bridgehead atoms. The second kappa shape index (κ2) is 11.3. The summed E-state index contributed by atoms with van der Waals surface area (Å²) in [5.41, 5.74) is 3.00. The minimum Gasteiger partial charge on any atom is -0.493 e. The largest absolute Gasteiger partial charge is 0.493 e. The van der Waals surface area contributed by atoms with Crippen molar-refractivity contribution in [1.82, 2.24) is 4.90 Å². The molecule has 1 saturated heterocycles. The Balaban J connectivity index is 1.44. The second-order valence-electron chi connectivity index (χ2n) is 7.92. The van der Waals surface area contributed by atoms with E-state index in [2.05, 4.69) is 5.32 Å². The summed E-state index contributed by atoms with van der Waals surface area (Å²) in [6.07, 6.45) is 1.59. The van der Waals surface area contributed by atoms with Crippen LogP contribution < -0.4 is 14.8 Å². The number of rotatable bonds is 8. The molecule has 1 fully saturated rings. The molecule has 4 rings (SSSR count).